The highest BCUT2D eigenvalue weighted by molar-refractivity contribution is 7.98. The highest BCUT2D eigenvalue weighted by atomic mass is 32.2. The van der Waals surface area contributed by atoms with Gasteiger partial charge in [-0.1, -0.05) is 32.4 Å². The van der Waals surface area contributed by atoms with Crippen molar-refractivity contribution in [1.29, 1.82) is 0 Å². The first-order valence-corrected chi connectivity index (χ1v) is 12.2. The molecule has 0 bridgehead atoms. The van der Waals surface area contributed by atoms with Crippen LogP contribution in [0.25, 0.3) is 0 Å². The van der Waals surface area contributed by atoms with Crippen LogP contribution in [0, 0.1) is 23.7 Å². The molecule has 1 aromatic carbocycles. The van der Waals surface area contributed by atoms with Gasteiger partial charge in [-0.25, -0.2) is 0 Å². The van der Waals surface area contributed by atoms with E-state index in [1.54, 1.807) is 11.8 Å². The lowest BCUT2D eigenvalue weighted by Gasteiger charge is -2.37. The van der Waals surface area contributed by atoms with Crippen molar-refractivity contribution in [3.05, 3.63) is 24.3 Å². The van der Waals surface area contributed by atoms with Crippen LogP contribution in [-0.2, 0) is 0 Å². The molecule has 1 aliphatic heterocycles. The highest BCUT2D eigenvalue weighted by Crippen LogP contribution is 2.30. The van der Waals surface area contributed by atoms with Gasteiger partial charge in [0.15, 0.2) is 5.96 Å². The van der Waals surface area contributed by atoms with Gasteiger partial charge < -0.3 is 16.0 Å². The van der Waals surface area contributed by atoms with Crippen LogP contribution in [0.2, 0.25) is 0 Å². The number of para-hydroxylation sites is 1. The number of likely N-dealkylation sites (tertiary alicyclic amines) is 1. The lowest BCUT2D eigenvalue weighted by Crippen LogP contribution is -2.46. The number of hydrogen-bond donors (Lipinski definition) is 2. The fourth-order valence-corrected chi connectivity index (χ4v) is 5.47. The Morgan fingerprint density at radius 2 is 1.86 bits per heavy atom. The third kappa shape index (κ3) is 5.90. The number of guanidine groups is 1. The minimum Gasteiger partial charge on any atom is -0.342 e. The summed E-state index contributed by atoms with van der Waals surface area (Å²) in [7, 11) is 0. The smallest absolute Gasteiger partial charge is 0.198 e. The van der Waals surface area contributed by atoms with Crippen LogP contribution in [0.1, 0.15) is 46.0 Å². The minimum atomic E-state index is 0.675. The van der Waals surface area contributed by atoms with Gasteiger partial charge in [0, 0.05) is 24.5 Å². The number of nitrogens with zero attached hydrogens (tertiary/aromatic N) is 2. The summed E-state index contributed by atoms with van der Waals surface area (Å²) in [5.74, 6) is 3.85. The summed E-state index contributed by atoms with van der Waals surface area (Å²) in [6.45, 7) is 8.65. The van der Waals surface area contributed by atoms with Crippen LogP contribution in [-0.4, -0.2) is 43.3 Å². The van der Waals surface area contributed by atoms with E-state index in [4.69, 9.17) is 10.7 Å². The molecule has 4 nitrogen and oxygen atoms in total. The van der Waals surface area contributed by atoms with Crippen LogP contribution in [0.15, 0.2) is 34.2 Å². The number of hydrogen-bond acceptors (Lipinski definition) is 3. The molecular weight excluding hydrogens is 364 g/mol. The maximum atomic E-state index is 5.94. The second kappa shape index (κ2) is 10.5. The fourth-order valence-electron chi connectivity index (χ4n) is 4.92. The van der Waals surface area contributed by atoms with Gasteiger partial charge in [-0.3, -0.25) is 4.99 Å². The summed E-state index contributed by atoms with van der Waals surface area (Å²) < 4.78 is 0. The first kappa shape index (κ1) is 21.5. The van der Waals surface area contributed by atoms with Crippen LogP contribution >= 0.6 is 11.8 Å². The van der Waals surface area contributed by atoms with Crippen molar-refractivity contribution in [2.45, 2.75) is 50.8 Å². The molecule has 1 saturated carbocycles. The Morgan fingerprint density at radius 3 is 2.57 bits per heavy atom. The topological polar surface area (TPSA) is 53.6 Å². The van der Waals surface area contributed by atoms with Crippen LogP contribution in [0.5, 0.6) is 0 Å². The Hall–Kier alpha value is -1.20. The Balaban J connectivity index is 1.77. The molecule has 1 heterocycles. The van der Waals surface area contributed by atoms with Gasteiger partial charge in [-0.2, -0.15) is 0 Å². The molecule has 3 rings (SSSR count). The molecule has 0 spiro atoms. The van der Waals surface area contributed by atoms with Gasteiger partial charge in [-0.15, -0.1) is 11.8 Å². The summed E-state index contributed by atoms with van der Waals surface area (Å²) in [5, 5.41) is 3.70. The summed E-state index contributed by atoms with van der Waals surface area (Å²) in [6, 6.07) is 8.56. The zero-order valence-electron chi connectivity index (χ0n) is 17.9. The maximum absolute atomic E-state index is 5.94. The van der Waals surface area contributed by atoms with E-state index < -0.39 is 0 Å². The summed E-state index contributed by atoms with van der Waals surface area (Å²) in [5.41, 5.74) is 7.11. The van der Waals surface area contributed by atoms with Crippen LogP contribution in [0.4, 0.5) is 5.69 Å². The Morgan fingerprint density at radius 1 is 1.14 bits per heavy atom. The normalized spacial score (nSPS) is 29.0. The number of benzene rings is 1. The third-order valence-electron chi connectivity index (χ3n) is 6.25. The van der Waals surface area contributed by atoms with Gasteiger partial charge in [0.2, 0.25) is 0 Å². The fraction of sp³-hybridized carbons (Fsp3) is 0.696. The van der Waals surface area contributed by atoms with E-state index in [-0.39, 0.29) is 0 Å². The predicted octanol–water partition coefficient (Wildman–Crippen LogP) is 4.92. The molecule has 2 fully saturated rings. The first-order chi connectivity index (χ1) is 13.6. The number of nitrogens with one attached hydrogen (secondary N) is 1. The van der Waals surface area contributed by atoms with E-state index in [2.05, 4.69) is 54.6 Å². The summed E-state index contributed by atoms with van der Waals surface area (Å²) >= 11 is 1.78. The Bertz CT molecular complexity index is 637. The number of rotatable bonds is 5. The molecule has 3 N–H and O–H groups in total. The standard InChI is InChI=1S/C23H38N4S/c1-17-11-18(2)16-27(15-17)23(26-21-9-4-5-10-22(21)28-3)25-14-20-8-6-7-19(12-20)13-24/h4-5,9-10,17-20H,6-8,11-16,24H2,1-3H3,(H,25,26). The molecule has 0 amide bonds. The second-order valence-corrected chi connectivity index (χ2v) is 9.82. The van der Waals surface area contributed by atoms with Gasteiger partial charge >= 0.3 is 0 Å². The molecule has 1 aromatic rings. The second-order valence-electron chi connectivity index (χ2n) is 8.97. The van der Waals surface area contributed by atoms with Crippen molar-refractivity contribution in [2.24, 2.45) is 34.4 Å². The first-order valence-electron chi connectivity index (χ1n) is 11.0. The average Bonchev–Trinajstić information content (AvgIpc) is 2.70. The van der Waals surface area contributed by atoms with E-state index >= 15 is 0 Å². The van der Waals surface area contributed by atoms with Gasteiger partial charge in [-0.05, 0) is 74.3 Å². The largest absolute Gasteiger partial charge is 0.342 e. The number of aliphatic imine (C=N–C) groups is 1. The molecule has 0 aromatic heterocycles. The van der Waals surface area contributed by atoms with Gasteiger partial charge in [0.1, 0.15) is 0 Å². The lowest BCUT2D eigenvalue weighted by molar-refractivity contribution is 0.212. The number of thioether (sulfide) groups is 1. The zero-order chi connectivity index (χ0) is 19.9. The van der Waals surface area contributed by atoms with Crippen LogP contribution in [0.3, 0.4) is 0 Å². The quantitative estimate of drug-likeness (QED) is 0.417. The molecule has 2 aliphatic rings. The Labute approximate surface area is 175 Å². The summed E-state index contributed by atoms with van der Waals surface area (Å²) in [6.07, 6.45) is 8.58. The molecule has 1 aliphatic carbocycles. The Kier molecular flexibility index (Phi) is 8.10. The van der Waals surface area contributed by atoms with Crippen molar-refractivity contribution in [1.82, 2.24) is 4.90 Å². The molecular formula is C23H38N4S. The van der Waals surface area contributed by atoms with Crippen LogP contribution < -0.4 is 11.1 Å². The maximum Gasteiger partial charge on any atom is 0.198 e. The van der Waals surface area contributed by atoms with Crippen molar-refractivity contribution in [3.8, 4) is 0 Å². The molecule has 156 valence electrons. The van der Waals surface area contributed by atoms with Crippen molar-refractivity contribution >= 4 is 23.4 Å². The lowest BCUT2D eigenvalue weighted by atomic mass is 9.81. The third-order valence-corrected chi connectivity index (χ3v) is 7.04. The minimum absolute atomic E-state index is 0.675. The predicted molar refractivity (Wildman–Crippen MR) is 123 cm³/mol. The molecule has 4 atom stereocenters. The van der Waals surface area contributed by atoms with E-state index in [0.717, 1.165) is 32.1 Å². The van der Waals surface area contributed by atoms with Gasteiger partial charge in [0.05, 0.1) is 5.69 Å². The molecule has 5 heteroatoms. The van der Waals surface area contributed by atoms with Crippen molar-refractivity contribution in [2.75, 3.05) is 37.8 Å². The van der Waals surface area contributed by atoms with Crippen molar-refractivity contribution < 1.29 is 0 Å². The highest BCUT2D eigenvalue weighted by Gasteiger charge is 2.26. The molecule has 28 heavy (non-hydrogen) atoms. The van der Waals surface area contributed by atoms with Gasteiger partial charge in [0.25, 0.3) is 0 Å². The molecule has 0 radical (unpaired) electrons. The van der Waals surface area contributed by atoms with E-state index in [9.17, 15) is 0 Å². The number of piperidine rings is 1. The van der Waals surface area contributed by atoms with E-state index in [1.165, 1.54) is 42.7 Å². The summed E-state index contributed by atoms with van der Waals surface area (Å²) in [4.78, 5) is 8.92. The number of anilines is 1. The van der Waals surface area contributed by atoms with Crippen molar-refractivity contribution in [3.63, 3.8) is 0 Å². The number of nitrogens with two attached hydrogens (primary N) is 1. The SMILES string of the molecule is CSc1ccccc1NC(=NCC1CCCC(CN)C1)N1CC(C)CC(C)C1. The molecule has 1 saturated heterocycles. The average molecular weight is 403 g/mol. The van der Waals surface area contributed by atoms with E-state index in [1.807, 2.05) is 0 Å². The van der Waals surface area contributed by atoms with E-state index in [0.29, 0.717) is 23.7 Å². The zero-order valence-corrected chi connectivity index (χ0v) is 18.7. The molecule has 4 unspecified atom stereocenters. The monoisotopic (exact) mass is 402 g/mol.